The van der Waals surface area contributed by atoms with E-state index in [-0.39, 0.29) is 6.61 Å². The van der Waals surface area contributed by atoms with Gasteiger partial charge in [0, 0.05) is 11.5 Å². The molecule has 0 aliphatic carbocycles. The summed E-state index contributed by atoms with van der Waals surface area (Å²) in [5, 5.41) is 5.26. The fourth-order valence-electron chi connectivity index (χ4n) is 1.08. The fourth-order valence-corrected chi connectivity index (χ4v) is 2.02. The number of nitrogens with zero attached hydrogens (tertiary/aromatic N) is 2. The fraction of sp³-hybridized carbons (Fsp3) is 0.111. The predicted octanol–water partition coefficient (Wildman–Crippen LogP) is 3.01. The average molecular weight is 276 g/mol. The Hall–Kier alpha value is -1.04. The second-order valence-electron chi connectivity index (χ2n) is 2.92. The van der Waals surface area contributed by atoms with Crippen molar-refractivity contribution in [1.82, 2.24) is 9.59 Å². The van der Waals surface area contributed by atoms with Crippen LogP contribution in [0.3, 0.4) is 0 Å². The molecule has 0 atom stereocenters. The van der Waals surface area contributed by atoms with Gasteiger partial charge in [-0.15, -0.1) is 5.10 Å². The van der Waals surface area contributed by atoms with Crippen LogP contribution in [0.1, 0.15) is 5.69 Å². The van der Waals surface area contributed by atoms with Crippen molar-refractivity contribution in [3.8, 4) is 5.75 Å². The van der Waals surface area contributed by atoms with Crippen LogP contribution < -0.4 is 10.5 Å². The standard InChI is InChI=1S/C9H7Cl2N3OS/c10-5-2-1-3-6(11)8(5)15-4-7-9(12)16-14-13-7/h1-3H,4,12H2. The lowest BCUT2D eigenvalue weighted by molar-refractivity contribution is 0.302. The van der Waals surface area contributed by atoms with Gasteiger partial charge in [-0.05, 0) is 12.1 Å². The molecule has 0 amide bonds. The van der Waals surface area contributed by atoms with Crippen molar-refractivity contribution < 1.29 is 4.74 Å². The van der Waals surface area contributed by atoms with Crippen LogP contribution in [0.5, 0.6) is 5.75 Å². The van der Waals surface area contributed by atoms with Crippen LogP contribution in [0, 0.1) is 0 Å². The smallest absolute Gasteiger partial charge is 0.157 e. The summed E-state index contributed by atoms with van der Waals surface area (Å²) in [6.45, 7) is 0.200. The zero-order valence-electron chi connectivity index (χ0n) is 7.98. The number of para-hydroxylation sites is 1. The van der Waals surface area contributed by atoms with Crippen LogP contribution in [0.2, 0.25) is 10.0 Å². The summed E-state index contributed by atoms with van der Waals surface area (Å²) in [6, 6.07) is 5.15. The van der Waals surface area contributed by atoms with Gasteiger partial charge in [-0.2, -0.15) is 0 Å². The van der Waals surface area contributed by atoms with Gasteiger partial charge in [0.15, 0.2) is 5.75 Å². The summed E-state index contributed by atoms with van der Waals surface area (Å²) in [5.41, 5.74) is 6.21. The topological polar surface area (TPSA) is 61.0 Å². The van der Waals surface area contributed by atoms with Gasteiger partial charge in [0.05, 0.1) is 10.0 Å². The molecule has 1 aromatic heterocycles. The molecule has 0 radical (unpaired) electrons. The zero-order chi connectivity index (χ0) is 11.5. The van der Waals surface area contributed by atoms with Crippen molar-refractivity contribution >= 4 is 39.7 Å². The number of anilines is 1. The molecule has 0 fully saturated rings. The third kappa shape index (κ3) is 2.37. The Morgan fingerprint density at radius 2 is 2.00 bits per heavy atom. The van der Waals surface area contributed by atoms with Crippen molar-refractivity contribution in [2.24, 2.45) is 0 Å². The molecule has 0 spiro atoms. The molecule has 2 aromatic rings. The Kier molecular flexibility index (Phi) is 3.48. The Bertz CT molecular complexity index is 483. The van der Waals surface area contributed by atoms with E-state index in [0.717, 1.165) is 11.5 Å². The maximum atomic E-state index is 5.94. The van der Waals surface area contributed by atoms with Gasteiger partial charge < -0.3 is 10.5 Å². The van der Waals surface area contributed by atoms with Crippen molar-refractivity contribution in [3.63, 3.8) is 0 Å². The van der Waals surface area contributed by atoms with Gasteiger partial charge in [0.1, 0.15) is 17.3 Å². The third-order valence-electron chi connectivity index (χ3n) is 1.86. The Morgan fingerprint density at radius 3 is 2.56 bits per heavy atom. The lowest BCUT2D eigenvalue weighted by atomic mass is 10.3. The summed E-state index contributed by atoms with van der Waals surface area (Å²) < 4.78 is 9.15. The Morgan fingerprint density at radius 1 is 1.31 bits per heavy atom. The number of hydrogen-bond donors (Lipinski definition) is 1. The second-order valence-corrected chi connectivity index (χ2v) is 4.52. The van der Waals surface area contributed by atoms with E-state index in [0.29, 0.717) is 26.5 Å². The highest BCUT2D eigenvalue weighted by atomic mass is 35.5. The van der Waals surface area contributed by atoms with Gasteiger partial charge in [0.2, 0.25) is 0 Å². The average Bonchev–Trinajstić information content (AvgIpc) is 2.64. The summed E-state index contributed by atoms with van der Waals surface area (Å²) in [7, 11) is 0. The molecule has 2 rings (SSSR count). The summed E-state index contributed by atoms with van der Waals surface area (Å²) in [6.07, 6.45) is 0. The highest BCUT2D eigenvalue weighted by Crippen LogP contribution is 2.33. The molecule has 7 heteroatoms. The maximum absolute atomic E-state index is 5.94. The van der Waals surface area contributed by atoms with E-state index in [9.17, 15) is 0 Å². The second kappa shape index (κ2) is 4.86. The SMILES string of the molecule is Nc1snnc1COc1c(Cl)cccc1Cl. The Labute approximate surface area is 106 Å². The minimum Gasteiger partial charge on any atom is -0.484 e. The molecular formula is C9H7Cl2N3OS. The molecule has 1 heterocycles. The van der Waals surface area contributed by atoms with Crippen molar-refractivity contribution in [3.05, 3.63) is 33.9 Å². The van der Waals surface area contributed by atoms with E-state index in [4.69, 9.17) is 33.7 Å². The summed E-state index contributed by atoms with van der Waals surface area (Å²) >= 11 is 13.0. The van der Waals surface area contributed by atoms with Crippen LogP contribution in [-0.2, 0) is 6.61 Å². The molecule has 0 aliphatic heterocycles. The Balaban J connectivity index is 2.14. The summed E-state index contributed by atoms with van der Waals surface area (Å²) in [4.78, 5) is 0. The molecule has 2 N–H and O–H groups in total. The van der Waals surface area contributed by atoms with Gasteiger partial charge in [0.25, 0.3) is 0 Å². The quantitative estimate of drug-likeness (QED) is 0.936. The first-order valence-electron chi connectivity index (χ1n) is 4.32. The monoisotopic (exact) mass is 275 g/mol. The molecular weight excluding hydrogens is 269 g/mol. The minimum atomic E-state index is 0.200. The molecule has 0 unspecified atom stereocenters. The number of rotatable bonds is 3. The summed E-state index contributed by atoms with van der Waals surface area (Å²) in [5.74, 6) is 0.429. The lowest BCUT2D eigenvalue weighted by Crippen LogP contribution is -2.00. The highest BCUT2D eigenvalue weighted by molar-refractivity contribution is 7.09. The van der Waals surface area contributed by atoms with E-state index in [1.54, 1.807) is 18.2 Å². The van der Waals surface area contributed by atoms with Crippen molar-refractivity contribution in [2.45, 2.75) is 6.61 Å². The lowest BCUT2D eigenvalue weighted by Gasteiger charge is -2.08. The highest BCUT2D eigenvalue weighted by Gasteiger charge is 2.09. The van der Waals surface area contributed by atoms with E-state index >= 15 is 0 Å². The first kappa shape index (κ1) is 11.4. The number of aromatic nitrogens is 2. The predicted molar refractivity (Wildman–Crippen MR) is 65.1 cm³/mol. The van der Waals surface area contributed by atoms with Gasteiger partial charge in [-0.3, -0.25) is 0 Å². The van der Waals surface area contributed by atoms with Crippen LogP contribution in [-0.4, -0.2) is 9.59 Å². The maximum Gasteiger partial charge on any atom is 0.157 e. The largest absolute Gasteiger partial charge is 0.484 e. The number of benzene rings is 1. The van der Waals surface area contributed by atoms with E-state index in [1.807, 2.05) is 0 Å². The number of hydrogen-bond acceptors (Lipinski definition) is 5. The third-order valence-corrected chi connectivity index (χ3v) is 3.05. The van der Waals surface area contributed by atoms with E-state index in [2.05, 4.69) is 9.59 Å². The molecule has 0 bridgehead atoms. The first-order chi connectivity index (χ1) is 7.68. The zero-order valence-corrected chi connectivity index (χ0v) is 10.3. The molecule has 1 aromatic carbocycles. The van der Waals surface area contributed by atoms with Gasteiger partial charge in [-0.25, -0.2) is 0 Å². The van der Waals surface area contributed by atoms with Gasteiger partial charge >= 0.3 is 0 Å². The minimum absolute atomic E-state index is 0.200. The van der Waals surface area contributed by atoms with Crippen LogP contribution in [0.4, 0.5) is 5.00 Å². The van der Waals surface area contributed by atoms with Crippen molar-refractivity contribution in [1.29, 1.82) is 0 Å². The normalized spacial score (nSPS) is 10.4. The van der Waals surface area contributed by atoms with Gasteiger partial charge in [-0.1, -0.05) is 33.8 Å². The number of nitrogen functional groups attached to an aromatic ring is 1. The molecule has 0 saturated carbocycles. The van der Waals surface area contributed by atoms with Crippen LogP contribution in [0.25, 0.3) is 0 Å². The molecule has 4 nitrogen and oxygen atoms in total. The molecule has 84 valence electrons. The number of ether oxygens (including phenoxy) is 1. The van der Waals surface area contributed by atoms with E-state index in [1.165, 1.54) is 0 Å². The number of nitrogens with two attached hydrogens (primary N) is 1. The van der Waals surface area contributed by atoms with Crippen molar-refractivity contribution in [2.75, 3.05) is 5.73 Å². The van der Waals surface area contributed by atoms with Crippen LogP contribution >= 0.6 is 34.7 Å². The molecule has 0 aliphatic rings. The van der Waals surface area contributed by atoms with E-state index < -0.39 is 0 Å². The number of halogens is 2. The first-order valence-corrected chi connectivity index (χ1v) is 5.85. The molecule has 0 saturated heterocycles. The molecule has 16 heavy (non-hydrogen) atoms. The van der Waals surface area contributed by atoms with Crippen LogP contribution in [0.15, 0.2) is 18.2 Å².